The Hall–Kier alpha value is -2.38. The van der Waals surface area contributed by atoms with Crippen LogP contribution in [0.3, 0.4) is 0 Å². The van der Waals surface area contributed by atoms with Crippen LogP contribution in [0.25, 0.3) is 0 Å². The second kappa shape index (κ2) is 5.43. The minimum absolute atomic E-state index is 0.0477. The zero-order valence-electron chi connectivity index (χ0n) is 11.5. The number of nitrogens with zero attached hydrogens (tertiary/aromatic N) is 1. The van der Waals surface area contributed by atoms with Gasteiger partial charge in [-0.05, 0) is 18.6 Å². The second-order valence-electron chi connectivity index (χ2n) is 4.92. The van der Waals surface area contributed by atoms with E-state index in [1.165, 1.54) is 0 Å². The van der Waals surface area contributed by atoms with E-state index in [-0.39, 0.29) is 12.8 Å². The molecule has 8 heteroatoms. The minimum atomic E-state index is -4.74. The number of ketones is 2. The quantitative estimate of drug-likeness (QED) is 0.670. The molecule has 1 aromatic heterocycles. The Balaban J connectivity index is 2.55. The van der Waals surface area contributed by atoms with Gasteiger partial charge in [0, 0.05) is 19.9 Å². The van der Waals surface area contributed by atoms with Crippen molar-refractivity contribution in [3.63, 3.8) is 0 Å². The lowest BCUT2D eigenvalue weighted by Gasteiger charge is -2.15. The van der Waals surface area contributed by atoms with Crippen LogP contribution in [-0.4, -0.2) is 21.2 Å². The third-order valence-corrected chi connectivity index (χ3v) is 3.45. The van der Waals surface area contributed by atoms with Crippen LogP contribution in [0.1, 0.15) is 35.3 Å². The normalized spacial score (nSPS) is 16.1. The molecule has 5 nitrogen and oxygen atoms in total. The molecule has 0 unspecified atom stereocenters. The average Bonchev–Trinajstić information content (AvgIpc) is 2.40. The van der Waals surface area contributed by atoms with Crippen molar-refractivity contribution >= 4 is 11.6 Å². The molecule has 118 valence electrons. The van der Waals surface area contributed by atoms with Crippen LogP contribution in [0.15, 0.2) is 28.3 Å². The number of halogens is 3. The number of aliphatic hydroxyl groups is 1. The predicted octanol–water partition coefficient (Wildman–Crippen LogP) is 2.15. The Morgan fingerprint density at radius 1 is 1.23 bits per heavy atom. The molecule has 0 spiro atoms. The van der Waals surface area contributed by atoms with Crippen LogP contribution < -0.4 is 5.56 Å². The molecule has 0 bridgehead atoms. The van der Waals surface area contributed by atoms with Crippen LogP contribution in [0.5, 0.6) is 0 Å². The molecule has 0 radical (unpaired) electrons. The van der Waals surface area contributed by atoms with E-state index < -0.39 is 45.9 Å². The van der Waals surface area contributed by atoms with Crippen LogP contribution in [-0.2, 0) is 18.0 Å². The Labute approximate surface area is 122 Å². The van der Waals surface area contributed by atoms with Crippen LogP contribution >= 0.6 is 0 Å². The van der Waals surface area contributed by atoms with Gasteiger partial charge in [0.15, 0.2) is 5.78 Å². The van der Waals surface area contributed by atoms with Gasteiger partial charge in [-0.3, -0.25) is 14.4 Å². The van der Waals surface area contributed by atoms with Gasteiger partial charge in [-0.2, -0.15) is 13.2 Å². The van der Waals surface area contributed by atoms with Gasteiger partial charge in [0.2, 0.25) is 5.78 Å². The molecule has 1 aliphatic carbocycles. The standard InChI is InChI=1S/C14H12F3NO4/c1-18-10(14(15,16)17)6-5-7(13(18)22)12(21)11-8(19)3-2-4-9(11)20/h5-6,19H,2-4H2,1H3. The fourth-order valence-electron chi connectivity index (χ4n) is 2.31. The fourth-order valence-corrected chi connectivity index (χ4v) is 2.31. The van der Waals surface area contributed by atoms with Gasteiger partial charge in [-0.25, -0.2) is 0 Å². The summed E-state index contributed by atoms with van der Waals surface area (Å²) >= 11 is 0. The smallest absolute Gasteiger partial charge is 0.431 e. The molecule has 2 rings (SSSR count). The fraction of sp³-hybridized carbons (Fsp3) is 0.357. The third-order valence-electron chi connectivity index (χ3n) is 3.45. The first-order chi connectivity index (χ1) is 10.1. The Morgan fingerprint density at radius 2 is 1.86 bits per heavy atom. The number of alkyl halides is 3. The molecule has 1 N–H and O–H groups in total. The van der Waals surface area contributed by atoms with Gasteiger partial charge in [-0.15, -0.1) is 0 Å². The Kier molecular flexibility index (Phi) is 3.95. The average molecular weight is 315 g/mol. The van der Waals surface area contributed by atoms with E-state index in [4.69, 9.17) is 0 Å². The molecule has 1 heterocycles. The lowest BCUT2D eigenvalue weighted by molar-refractivity contribution is -0.143. The van der Waals surface area contributed by atoms with Gasteiger partial charge in [0.05, 0.1) is 5.56 Å². The first-order valence-electron chi connectivity index (χ1n) is 6.42. The molecule has 0 aromatic carbocycles. The Bertz CT molecular complexity index is 743. The molecular weight excluding hydrogens is 303 g/mol. The summed E-state index contributed by atoms with van der Waals surface area (Å²) in [7, 11) is 0.888. The van der Waals surface area contributed by atoms with Crippen molar-refractivity contribution in [3.8, 4) is 0 Å². The largest absolute Gasteiger partial charge is 0.511 e. The van der Waals surface area contributed by atoms with E-state index in [1.54, 1.807) is 0 Å². The minimum Gasteiger partial charge on any atom is -0.511 e. The molecule has 0 saturated heterocycles. The van der Waals surface area contributed by atoms with E-state index >= 15 is 0 Å². The summed E-state index contributed by atoms with van der Waals surface area (Å²) in [6, 6.07) is 1.33. The zero-order valence-corrected chi connectivity index (χ0v) is 11.5. The first-order valence-corrected chi connectivity index (χ1v) is 6.42. The molecule has 0 saturated carbocycles. The number of carbonyl (C=O) groups excluding carboxylic acids is 2. The predicted molar refractivity (Wildman–Crippen MR) is 69.5 cm³/mol. The second-order valence-corrected chi connectivity index (χ2v) is 4.92. The maximum Gasteiger partial charge on any atom is 0.431 e. The summed E-state index contributed by atoms with van der Waals surface area (Å²) in [5.41, 5.74) is -3.46. The van der Waals surface area contributed by atoms with E-state index in [1.807, 2.05) is 0 Å². The summed E-state index contributed by atoms with van der Waals surface area (Å²) in [6.45, 7) is 0. The summed E-state index contributed by atoms with van der Waals surface area (Å²) in [4.78, 5) is 35.9. The summed E-state index contributed by atoms with van der Waals surface area (Å²) in [5.74, 6) is -2.09. The highest BCUT2D eigenvalue weighted by Gasteiger charge is 2.35. The highest BCUT2D eigenvalue weighted by Crippen LogP contribution is 2.28. The number of allylic oxidation sites excluding steroid dienone is 2. The number of rotatable bonds is 2. The van der Waals surface area contributed by atoms with Crippen molar-refractivity contribution in [2.24, 2.45) is 7.05 Å². The summed E-state index contributed by atoms with van der Waals surface area (Å²) < 4.78 is 38.4. The van der Waals surface area contributed by atoms with E-state index in [0.29, 0.717) is 17.1 Å². The van der Waals surface area contributed by atoms with Crippen molar-refractivity contribution in [1.29, 1.82) is 0 Å². The molecule has 22 heavy (non-hydrogen) atoms. The van der Waals surface area contributed by atoms with Gasteiger partial charge >= 0.3 is 6.18 Å². The number of carbonyl (C=O) groups is 2. The maximum atomic E-state index is 12.7. The van der Waals surface area contributed by atoms with Gasteiger partial charge in [-0.1, -0.05) is 0 Å². The van der Waals surface area contributed by atoms with Crippen LogP contribution in [0.2, 0.25) is 0 Å². The molecule has 0 fully saturated rings. The molecular formula is C14H12F3NO4. The van der Waals surface area contributed by atoms with E-state index in [9.17, 15) is 32.7 Å². The van der Waals surface area contributed by atoms with Crippen molar-refractivity contribution in [2.45, 2.75) is 25.4 Å². The van der Waals surface area contributed by atoms with Gasteiger partial charge < -0.3 is 9.67 Å². The highest BCUT2D eigenvalue weighted by atomic mass is 19.4. The Morgan fingerprint density at radius 3 is 2.41 bits per heavy atom. The monoisotopic (exact) mass is 315 g/mol. The number of pyridine rings is 1. The number of Topliss-reactive ketones (excluding diaryl/α,β-unsaturated/α-hetero) is 2. The van der Waals surface area contributed by atoms with Crippen LogP contribution in [0, 0.1) is 0 Å². The van der Waals surface area contributed by atoms with Crippen molar-refractivity contribution in [1.82, 2.24) is 4.57 Å². The van der Waals surface area contributed by atoms with Gasteiger partial charge in [0.1, 0.15) is 17.0 Å². The molecule has 1 aromatic rings. The molecule has 0 aliphatic heterocycles. The van der Waals surface area contributed by atoms with Crippen molar-refractivity contribution in [2.75, 3.05) is 0 Å². The van der Waals surface area contributed by atoms with E-state index in [2.05, 4.69) is 0 Å². The van der Waals surface area contributed by atoms with Crippen molar-refractivity contribution < 1.29 is 27.9 Å². The topological polar surface area (TPSA) is 76.4 Å². The molecule has 0 amide bonds. The number of hydrogen-bond acceptors (Lipinski definition) is 4. The zero-order chi connectivity index (χ0) is 16.7. The van der Waals surface area contributed by atoms with Gasteiger partial charge in [0.25, 0.3) is 5.56 Å². The highest BCUT2D eigenvalue weighted by molar-refractivity contribution is 6.26. The lowest BCUT2D eigenvalue weighted by Crippen LogP contribution is -2.32. The summed E-state index contributed by atoms with van der Waals surface area (Å²) in [5, 5.41) is 9.66. The summed E-state index contributed by atoms with van der Waals surface area (Å²) in [6.07, 6.45) is -4.19. The number of aliphatic hydroxyl groups excluding tert-OH is 1. The van der Waals surface area contributed by atoms with Crippen molar-refractivity contribution in [3.05, 3.63) is 45.1 Å². The molecule has 0 atom stereocenters. The van der Waals surface area contributed by atoms with Crippen LogP contribution in [0.4, 0.5) is 13.2 Å². The lowest BCUT2D eigenvalue weighted by atomic mass is 9.91. The molecule has 1 aliphatic rings. The maximum absolute atomic E-state index is 12.7. The number of hydrogen-bond donors (Lipinski definition) is 1. The number of aromatic nitrogens is 1. The third kappa shape index (κ3) is 2.68. The van der Waals surface area contributed by atoms with E-state index in [0.717, 1.165) is 13.1 Å². The SMILES string of the molecule is Cn1c(C(F)(F)F)ccc(C(=O)C2=C(O)CCCC2=O)c1=O. The first kappa shape index (κ1) is 16.0.